The highest BCUT2D eigenvalue weighted by Crippen LogP contribution is 2.33. The van der Waals surface area contributed by atoms with Gasteiger partial charge in [-0.15, -0.1) is 5.10 Å². The van der Waals surface area contributed by atoms with E-state index in [0.29, 0.717) is 52.1 Å². The van der Waals surface area contributed by atoms with Crippen molar-refractivity contribution in [2.24, 2.45) is 0 Å². The first-order valence-corrected chi connectivity index (χ1v) is 12.1. The van der Waals surface area contributed by atoms with E-state index in [1.54, 1.807) is 34.9 Å². The average molecular weight is 530 g/mol. The van der Waals surface area contributed by atoms with Crippen LogP contribution in [-0.4, -0.2) is 50.9 Å². The predicted octanol–water partition coefficient (Wildman–Crippen LogP) is 3.86. The minimum atomic E-state index is -1.12. The largest absolute Gasteiger partial charge is 0.465 e. The summed E-state index contributed by atoms with van der Waals surface area (Å²) in [5.41, 5.74) is 4.49. The number of aryl methyl sites for hydroxylation is 2. The fourth-order valence-corrected chi connectivity index (χ4v) is 4.96. The summed E-state index contributed by atoms with van der Waals surface area (Å²) in [6, 6.07) is 13.4. The number of carboxylic acid groups (broad SMARTS) is 1. The van der Waals surface area contributed by atoms with Crippen molar-refractivity contribution in [3.05, 3.63) is 87.6 Å². The van der Waals surface area contributed by atoms with Crippen molar-refractivity contribution in [3.63, 3.8) is 0 Å². The molecule has 0 fully saturated rings. The molecule has 2 aromatic carbocycles. The number of nitrogens with zero attached hydrogens (tertiary/aromatic N) is 7. The lowest BCUT2D eigenvalue weighted by Gasteiger charge is -2.14. The first-order chi connectivity index (χ1) is 18.4. The molecule has 1 amide bonds. The number of fused-ring (bicyclic) bond motifs is 1. The molecule has 1 aliphatic rings. The molecule has 0 bridgehead atoms. The molecule has 5 aromatic rings. The normalized spacial score (nSPS) is 14.4. The van der Waals surface area contributed by atoms with Crippen molar-refractivity contribution in [1.82, 2.24) is 39.7 Å². The summed E-state index contributed by atoms with van der Waals surface area (Å²) >= 11 is 6.27. The van der Waals surface area contributed by atoms with Gasteiger partial charge < -0.3 is 10.1 Å². The van der Waals surface area contributed by atoms with E-state index in [1.165, 1.54) is 17.1 Å². The smallest absolute Gasteiger partial charge is 0.409 e. The molecule has 1 aliphatic heterocycles. The third kappa shape index (κ3) is 4.20. The molecule has 13 heteroatoms. The van der Waals surface area contributed by atoms with Crippen LogP contribution in [0.4, 0.5) is 10.5 Å². The zero-order valence-corrected chi connectivity index (χ0v) is 20.7. The van der Waals surface area contributed by atoms with Crippen molar-refractivity contribution in [2.75, 3.05) is 5.32 Å². The Bertz CT molecular complexity index is 1730. The Labute approximate surface area is 220 Å². The van der Waals surface area contributed by atoms with Crippen LogP contribution in [0.1, 0.15) is 29.8 Å². The number of carbonyl (C=O) groups is 1. The van der Waals surface area contributed by atoms with Crippen LogP contribution < -0.4 is 10.9 Å². The number of halogens is 1. The van der Waals surface area contributed by atoms with Crippen molar-refractivity contribution >= 4 is 23.4 Å². The average Bonchev–Trinajstić information content (AvgIpc) is 3.64. The summed E-state index contributed by atoms with van der Waals surface area (Å²) in [6.45, 7) is 1.89. The van der Waals surface area contributed by atoms with E-state index < -0.39 is 6.09 Å². The Hall–Kier alpha value is -4.84. The van der Waals surface area contributed by atoms with Crippen LogP contribution in [0, 0.1) is 6.92 Å². The highest BCUT2D eigenvalue weighted by atomic mass is 35.5. The van der Waals surface area contributed by atoms with Gasteiger partial charge >= 0.3 is 6.09 Å². The standard InChI is InChI=1S/C25H20ClN9O3/c1-13-23(14-2-5-16(6-3-14)29-25(37)38)31-24(28-13)20-8-9-21-30-18(11-22(36)35(20)21)17-10-15(26)4-7-19(17)34-12-27-32-33-34/h2-7,10-12,20,29H,8-9H2,1H3,(H,28,31)(H,37,38)/t20-/m0/s1. The quantitative estimate of drug-likeness (QED) is 0.310. The van der Waals surface area contributed by atoms with Crippen molar-refractivity contribution in [1.29, 1.82) is 0 Å². The molecule has 3 N–H and O–H groups in total. The Morgan fingerprint density at radius 2 is 1.97 bits per heavy atom. The van der Waals surface area contributed by atoms with E-state index >= 15 is 0 Å². The second-order valence-electron chi connectivity index (χ2n) is 8.83. The Morgan fingerprint density at radius 1 is 1.16 bits per heavy atom. The topological polar surface area (TPSA) is 156 Å². The number of hydrogen-bond acceptors (Lipinski definition) is 7. The van der Waals surface area contributed by atoms with E-state index in [-0.39, 0.29) is 11.6 Å². The second-order valence-corrected chi connectivity index (χ2v) is 9.26. The number of hydrogen-bond donors (Lipinski definition) is 3. The number of H-pyrrole nitrogens is 1. The number of nitrogens with one attached hydrogen (secondary N) is 2. The number of rotatable bonds is 5. The summed E-state index contributed by atoms with van der Waals surface area (Å²) in [4.78, 5) is 37.2. The molecule has 0 aliphatic carbocycles. The maximum atomic E-state index is 13.4. The fraction of sp³-hybridized carbons (Fsp3) is 0.160. The minimum absolute atomic E-state index is 0.199. The van der Waals surface area contributed by atoms with Crippen LogP contribution in [0.5, 0.6) is 0 Å². The molecule has 1 atom stereocenters. The van der Waals surface area contributed by atoms with Crippen LogP contribution in [0.25, 0.3) is 28.2 Å². The summed E-state index contributed by atoms with van der Waals surface area (Å²) in [6.07, 6.45) is 1.60. The third-order valence-electron chi connectivity index (χ3n) is 6.45. The molecule has 0 saturated carbocycles. The number of benzene rings is 2. The maximum absolute atomic E-state index is 13.4. The third-order valence-corrected chi connectivity index (χ3v) is 6.69. The molecule has 38 heavy (non-hydrogen) atoms. The molecule has 0 unspecified atom stereocenters. The Morgan fingerprint density at radius 3 is 2.71 bits per heavy atom. The van der Waals surface area contributed by atoms with Gasteiger partial charge in [0, 0.05) is 28.8 Å². The number of tetrazole rings is 1. The monoisotopic (exact) mass is 529 g/mol. The van der Waals surface area contributed by atoms with Gasteiger partial charge in [-0.25, -0.2) is 14.8 Å². The summed E-state index contributed by atoms with van der Waals surface area (Å²) < 4.78 is 3.17. The SMILES string of the molecule is Cc1nc([C@@H]2CCc3nc(-c4cc(Cl)ccc4-n4cnnn4)cc(=O)n32)[nH]c1-c1ccc(NC(=O)O)cc1. The van der Waals surface area contributed by atoms with Gasteiger partial charge in [-0.05, 0) is 59.7 Å². The lowest BCUT2D eigenvalue weighted by atomic mass is 10.1. The van der Waals surface area contributed by atoms with Crippen LogP contribution in [0.2, 0.25) is 5.02 Å². The molecule has 3 aromatic heterocycles. The van der Waals surface area contributed by atoms with Gasteiger partial charge in [-0.3, -0.25) is 14.7 Å². The van der Waals surface area contributed by atoms with E-state index in [4.69, 9.17) is 26.7 Å². The zero-order chi connectivity index (χ0) is 26.4. The van der Waals surface area contributed by atoms with E-state index in [0.717, 1.165) is 17.0 Å². The molecular weight excluding hydrogens is 510 g/mol. The molecule has 0 saturated heterocycles. The highest BCUT2D eigenvalue weighted by molar-refractivity contribution is 6.31. The van der Waals surface area contributed by atoms with E-state index in [1.807, 2.05) is 19.1 Å². The second kappa shape index (κ2) is 9.23. The minimum Gasteiger partial charge on any atom is -0.465 e. The van der Waals surface area contributed by atoms with Gasteiger partial charge in [-0.2, -0.15) is 4.68 Å². The predicted molar refractivity (Wildman–Crippen MR) is 139 cm³/mol. The summed E-state index contributed by atoms with van der Waals surface area (Å²) in [5, 5.41) is 23.1. The first-order valence-electron chi connectivity index (χ1n) is 11.7. The van der Waals surface area contributed by atoms with Gasteiger partial charge in [0.2, 0.25) is 0 Å². The lowest BCUT2D eigenvalue weighted by molar-refractivity contribution is 0.209. The molecule has 0 spiro atoms. The molecule has 12 nitrogen and oxygen atoms in total. The van der Waals surface area contributed by atoms with Crippen LogP contribution in [0.15, 0.2) is 59.7 Å². The Balaban J connectivity index is 1.35. The number of aromatic amines is 1. The number of anilines is 1. The number of imidazole rings is 1. The van der Waals surface area contributed by atoms with Gasteiger partial charge in [0.05, 0.1) is 28.8 Å². The molecule has 0 radical (unpaired) electrons. The molecular formula is C25H20ClN9O3. The summed E-state index contributed by atoms with van der Waals surface area (Å²) in [5.74, 6) is 1.32. The van der Waals surface area contributed by atoms with Crippen molar-refractivity contribution < 1.29 is 9.90 Å². The van der Waals surface area contributed by atoms with Crippen molar-refractivity contribution in [3.8, 4) is 28.2 Å². The molecule has 4 heterocycles. The van der Waals surface area contributed by atoms with Gasteiger partial charge in [0.15, 0.2) is 0 Å². The van der Waals surface area contributed by atoms with Gasteiger partial charge in [0.1, 0.15) is 18.0 Å². The van der Waals surface area contributed by atoms with Crippen LogP contribution in [0.3, 0.4) is 0 Å². The van der Waals surface area contributed by atoms with E-state index in [2.05, 4.69) is 25.8 Å². The lowest BCUT2D eigenvalue weighted by Crippen LogP contribution is -2.25. The fourth-order valence-electron chi connectivity index (χ4n) is 4.79. The number of aromatic nitrogens is 8. The highest BCUT2D eigenvalue weighted by Gasteiger charge is 2.30. The zero-order valence-electron chi connectivity index (χ0n) is 20.0. The maximum Gasteiger partial charge on any atom is 0.409 e. The first kappa shape index (κ1) is 23.6. The van der Waals surface area contributed by atoms with Gasteiger partial charge in [0.25, 0.3) is 5.56 Å². The molecule has 6 rings (SSSR count). The Kier molecular flexibility index (Phi) is 5.72. The van der Waals surface area contributed by atoms with Gasteiger partial charge in [-0.1, -0.05) is 23.7 Å². The van der Waals surface area contributed by atoms with Crippen molar-refractivity contribution in [2.45, 2.75) is 25.8 Å². The molecule has 190 valence electrons. The number of amides is 1. The van der Waals surface area contributed by atoms with Crippen LogP contribution in [-0.2, 0) is 6.42 Å². The van der Waals surface area contributed by atoms with E-state index in [9.17, 15) is 9.59 Å². The van der Waals surface area contributed by atoms with Crippen LogP contribution >= 0.6 is 11.6 Å². The summed E-state index contributed by atoms with van der Waals surface area (Å²) in [7, 11) is 0.